The third kappa shape index (κ3) is 3.15. The Kier molecular flexibility index (Phi) is 3.89. The second-order valence-electron chi connectivity index (χ2n) is 4.26. The van der Waals surface area contributed by atoms with E-state index in [1.807, 2.05) is 0 Å². The van der Waals surface area contributed by atoms with E-state index in [0.29, 0.717) is 5.57 Å². The molecule has 1 aromatic rings. The second-order valence-corrected chi connectivity index (χ2v) is 4.26. The summed E-state index contributed by atoms with van der Waals surface area (Å²) in [5.74, 6) is -0.273. The SMILES string of the molecule is CCOC(=O)/C(=C\c1ncccc1[N+](=O)[O-])C1CC1. The fraction of sp³-hybridized carbons (Fsp3) is 0.385. The van der Waals surface area contributed by atoms with Gasteiger partial charge in [0, 0.05) is 17.8 Å². The first-order chi connectivity index (χ1) is 9.13. The number of carbonyl (C=O) groups excluding carboxylic acids is 1. The molecule has 19 heavy (non-hydrogen) atoms. The molecule has 0 N–H and O–H groups in total. The lowest BCUT2D eigenvalue weighted by molar-refractivity contribution is -0.385. The Morgan fingerprint density at radius 3 is 2.95 bits per heavy atom. The van der Waals surface area contributed by atoms with E-state index in [0.717, 1.165) is 12.8 Å². The lowest BCUT2D eigenvalue weighted by Gasteiger charge is -2.05. The van der Waals surface area contributed by atoms with Gasteiger partial charge in [0.25, 0.3) is 5.69 Å². The van der Waals surface area contributed by atoms with Gasteiger partial charge in [-0.15, -0.1) is 0 Å². The van der Waals surface area contributed by atoms with Crippen LogP contribution < -0.4 is 0 Å². The van der Waals surface area contributed by atoms with Crippen molar-refractivity contribution in [2.24, 2.45) is 5.92 Å². The summed E-state index contributed by atoms with van der Waals surface area (Å²) in [5, 5.41) is 10.9. The summed E-state index contributed by atoms with van der Waals surface area (Å²) in [4.78, 5) is 26.2. The van der Waals surface area contributed by atoms with Crippen molar-refractivity contribution in [2.75, 3.05) is 6.61 Å². The smallest absolute Gasteiger partial charge is 0.334 e. The summed E-state index contributed by atoms with van der Waals surface area (Å²) in [7, 11) is 0. The van der Waals surface area contributed by atoms with Crippen LogP contribution >= 0.6 is 0 Å². The number of nitrogens with zero attached hydrogens (tertiary/aromatic N) is 2. The van der Waals surface area contributed by atoms with Crippen molar-refractivity contribution in [3.63, 3.8) is 0 Å². The number of aromatic nitrogens is 1. The quantitative estimate of drug-likeness (QED) is 0.352. The van der Waals surface area contributed by atoms with Crippen LogP contribution in [0.2, 0.25) is 0 Å². The molecule has 0 spiro atoms. The van der Waals surface area contributed by atoms with Crippen molar-refractivity contribution in [1.82, 2.24) is 4.98 Å². The molecule has 0 amide bonds. The number of carbonyl (C=O) groups is 1. The van der Waals surface area contributed by atoms with E-state index in [-0.39, 0.29) is 23.9 Å². The number of rotatable bonds is 5. The molecule has 0 radical (unpaired) electrons. The molecule has 2 rings (SSSR count). The molecule has 100 valence electrons. The highest BCUT2D eigenvalue weighted by Gasteiger charge is 2.32. The predicted molar refractivity (Wildman–Crippen MR) is 68.2 cm³/mol. The van der Waals surface area contributed by atoms with Crippen LogP contribution in [0.4, 0.5) is 5.69 Å². The Balaban J connectivity index is 2.36. The molecule has 0 saturated heterocycles. The monoisotopic (exact) mass is 262 g/mol. The average Bonchev–Trinajstić information content (AvgIpc) is 3.20. The molecule has 1 fully saturated rings. The minimum Gasteiger partial charge on any atom is -0.463 e. The molecule has 1 aromatic heterocycles. The van der Waals surface area contributed by atoms with Crippen LogP contribution in [0.1, 0.15) is 25.5 Å². The van der Waals surface area contributed by atoms with Gasteiger partial charge in [0.15, 0.2) is 0 Å². The molecule has 0 unspecified atom stereocenters. The lowest BCUT2D eigenvalue weighted by atomic mass is 10.1. The summed E-state index contributed by atoms with van der Waals surface area (Å²) in [6, 6.07) is 2.87. The molecule has 1 aliphatic carbocycles. The van der Waals surface area contributed by atoms with E-state index in [1.54, 1.807) is 6.92 Å². The molecule has 6 nitrogen and oxygen atoms in total. The number of pyridine rings is 1. The first-order valence-corrected chi connectivity index (χ1v) is 6.11. The van der Waals surface area contributed by atoms with Crippen molar-refractivity contribution >= 4 is 17.7 Å². The molecule has 1 aliphatic rings. The highest BCUT2D eigenvalue weighted by atomic mass is 16.6. The van der Waals surface area contributed by atoms with Crippen LogP contribution in [0.5, 0.6) is 0 Å². The number of ether oxygens (including phenoxy) is 1. The van der Waals surface area contributed by atoms with E-state index in [1.165, 1.54) is 24.4 Å². The van der Waals surface area contributed by atoms with E-state index < -0.39 is 10.9 Å². The zero-order valence-corrected chi connectivity index (χ0v) is 10.5. The molecule has 6 heteroatoms. The average molecular weight is 262 g/mol. The van der Waals surface area contributed by atoms with Crippen LogP contribution in [-0.2, 0) is 9.53 Å². The number of nitro groups is 1. The van der Waals surface area contributed by atoms with Crippen LogP contribution in [0.15, 0.2) is 23.9 Å². The Bertz CT molecular complexity index is 535. The Labute approximate surface area is 110 Å². The summed E-state index contributed by atoms with van der Waals surface area (Å²) in [5.41, 5.74) is 0.566. The summed E-state index contributed by atoms with van der Waals surface area (Å²) in [6.45, 7) is 2.01. The fourth-order valence-corrected chi connectivity index (χ4v) is 1.77. The third-order valence-electron chi connectivity index (χ3n) is 2.83. The minimum atomic E-state index is -0.505. The highest BCUT2D eigenvalue weighted by molar-refractivity contribution is 5.95. The third-order valence-corrected chi connectivity index (χ3v) is 2.83. The number of hydrogen-bond acceptors (Lipinski definition) is 5. The first-order valence-electron chi connectivity index (χ1n) is 6.11. The summed E-state index contributed by atoms with van der Waals surface area (Å²) < 4.78 is 4.97. The number of esters is 1. The topological polar surface area (TPSA) is 82.3 Å². The van der Waals surface area contributed by atoms with Gasteiger partial charge in [0.1, 0.15) is 5.69 Å². The molecule has 0 bridgehead atoms. The zero-order chi connectivity index (χ0) is 13.8. The Morgan fingerprint density at radius 2 is 2.37 bits per heavy atom. The highest BCUT2D eigenvalue weighted by Crippen LogP contribution is 2.38. The predicted octanol–water partition coefficient (Wildman–Crippen LogP) is 2.35. The molecule has 0 atom stereocenters. The van der Waals surface area contributed by atoms with Gasteiger partial charge in [-0.2, -0.15) is 0 Å². The molecule has 0 aromatic carbocycles. The molecular formula is C13H14N2O4. The fourth-order valence-electron chi connectivity index (χ4n) is 1.77. The Morgan fingerprint density at radius 1 is 1.63 bits per heavy atom. The van der Waals surface area contributed by atoms with Gasteiger partial charge in [-0.1, -0.05) is 0 Å². The van der Waals surface area contributed by atoms with Crippen molar-refractivity contribution < 1.29 is 14.5 Å². The molecular weight excluding hydrogens is 248 g/mol. The summed E-state index contributed by atoms with van der Waals surface area (Å²) >= 11 is 0. The zero-order valence-electron chi connectivity index (χ0n) is 10.5. The van der Waals surface area contributed by atoms with E-state index in [2.05, 4.69) is 4.98 Å². The maximum absolute atomic E-state index is 11.8. The van der Waals surface area contributed by atoms with E-state index in [4.69, 9.17) is 4.74 Å². The van der Waals surface area contributed by atoms with E-state index in [9.17, 15) is 14.9 Å². The minimum absolute atomic E-state index is 0.107. The summed E-state index contributed by atoms with van der Waals surface area (Å²) in [6.07, 6.45) is 4.76. The molecule has 1 heterocycles. The van der Waals surface area contributed by atoms with Crippen molar-refractivity contribution in [1.29, 1.82) is 0 Å². The maximum atomic E-state index is 11.8. The van der Waals surface area contributed by atoms with Gasteiger partial charge in [0.05, 0.1) is 11.5 Å². The van der Waals surface area contributed by atoms with Crippen molar-refractivity contribution in [3.05, 3.63) is 39.7 Å². The van der Waals surface area contributed by atoms with Gasteiger partial charge in [0.2, 0.25) is 0 Å². The Hall–Kier alpha value is -2.24. The lowest BCUT2D eigenvalue weighted by Crippen LogP contribution is -2.09. The van der Waals surface area contributed by atoms with Gasteiger partial charge in [-0.3, -0.25) is 10.1 Å². The normalized spacial score (nSPS) is 15.1. The van der Waals surface area contributed by atoms with Gasteiger partial charge in [-0.25, -0.2) is 9.78 Å². The van der Waals surface area contributed by atoms with Gasteiger partial charge < -0.3 is 4.74 Å². The second kappa shape index (κ2) is 5.60. The number of hydrogen-bond donors (Lipinski definition) is 0. The standard InChI is InChI=1S/C13H14N2O4/c1-2-19-13(16)10(9-5-6-9)8-11-12(15(17)18)4-3-7-14-11/h3-4,7-9H,2,5-6H2,1H3/b10-8-. The van der Waals surface area contributed by atoms with Crippen molar-refractivity contribution in [2.45, 2.75) is 19.8 Å². The maximum Gasteiger partial charge on any atom is 0.334 e. The van der Waals surface area contributed by atoms with Crippen LogP contribution in [0.25, 0.3) is 6.08 Å². The van der Waals surface area contributed by atoms with Crippen LogP contribution in [-0.4, -0.2) is 22.5 Å². The molecule has 0 aliphatic heterocycles. The van der Waals surface area contributed by atoms with Gasteiger partial charge in [-0.05, 0) is 37.8 Å². The molecule has 1 saturated carbocycles. The van der Waals surface area contributed by atoms with E-state index >= 15 is 0 Å². The van der Waals surface area contributed by atoms with Crippen molar-refractivity contribution in [3.8, 4) is 0 Å². The van der Waals surface area contributed by atoms with Crippen LogP contribution in [0, 0.1) is 16.0 Å². The van der Waals surface area contributed by atoms with Crippen LogP contribution in [0.3, 0.4) is 0 Å². The van der Waals surface area contributed by atoms with Gasteiger partial charge >= 0.3 is 5.97 Å². The largest absolute Gasteiger partial charge is 0.463 e. The first kappa shape index (κ1) is 13.2.